The van der Waals surface area contributed by atoms with Gasteiger partial charge >= 0.3 is 67.7 Å². The van der Waals surface area contributed by atoms with Gasteiger partial charge in [0, 0.05) is 0 Å². The Bertz CT molecular complexity index is 135. The van der Waals surface area contributed by atoms with Crippen molar-refractivity contribution in [2.24, 2.45) is 0 Å². The summed E-state index contributed by atoms with van der Waals surface area (Å²) >= 11 is 2.17. The van der Waals surface area contributed by atoms with Gasteiger partial charge in [0.2, 0.25) is 0 Å². The number of hydrogen-bond acceptors (Lipinski definition) is 1. The van der Waals surface area contributed by atoms with Crippen molar-refractivity contribution in [3.8, 4) is 0 Å². The predicted octanol–water partition coefficient (Wildman–Crippen LogP) is 0.846. The van der Waals surface area contributed by atoms with Crippen molar-refractivity contribution in [3.05, 3.63) is 0 Å². The van der Waals surface area contributed by atoms with E-state index in [9.17, 15) is 4.79 Å². The van der Waals surface area contributed by atoms with Gasteiger partial charge in [-0.05, 0) is 0 Å². The van der Waals surface area contributed by atoms with Crippen LogP contribution >= 0.6 is 22.1 Å². The molecule has 1 saturated heterocycles. The first-order valence-electron chi connectivity index (χ1n) is 3.04. The fourth-order valence-corrected chi connectivity index (χ4v) is 1.46. The van der Waals surface area contributed by atoms with Crippen LogP contribution in [-0.4, -0.2) is 27.9 Å². The summed E-state index contributed by atoms with van der Waals surface area (Å²) in [5, 5.41) is 0. The summed E-state index contributed by atoms with van der Waals surface area (Å²) in [6.45, 7) is 1.78. The van der Waals surface area contributed by atoms with Crippen LogP contribution in [0, 0.1) is 0 Å². The minimum absolute atomic E-state index is 0.308. The van der Waals surface area contributed by atoms with E-state index in [0.717, 1.165) is 25.9 Å². The first kappa shape index (κ1) is 7.18. The molecule has 0 saturated carbocycles. The Balaban J connectivity index is 2.39. The molecule has 0 atom stereocenters. The molecule has 3 heteroatoms. The molecular formula is C6H9INO. The number of amides is 1. The van der Waals surface area contributed by atoms with Gasteiger partial charge in [0.1, 0.15) is 0 Å². The third-order valence-electron chi connectivity index (χ3n) is 1.46. The Morgan fingerprint density at radius 2 is 2.56 bits per heavy atom. The number of hydrogen-bond donors (Lipinski definition) is 0. The zero-order valence-electron chi connectivity index (χ0n) is 5.14. The van der Waals surface area contributed by atoms with Gasteiger partial charge < -0.3 is 0 Å². The first-order chi connectivity index (χ1) is 4.34. The van der Waals surface area contributed by atoms with Crippen molar-refractivity contribution in [1.29, 1.82) is 0 Å². The molecule has 0 aromatic rings. The number of nitrogens with zero attached hydrogens (tertiary/aromatic N) is 1. The third kappa shape index (κ3) is 1.74. The van der Waals surface area contributed by atoms with Gasteiger partial charge in [0.15, 0.2) is 0 Å². The molecule has 0 aliphatic carbocycles. The Labute approximate surface area is 67.9 Å². The van der Waals surface area contributed by atoms with Crippen LogP contribution in [0.4, 0.5) is 0 Å². The molecule has 1 radical (unpaired) electrons. The summed E-state index contributed by atoms with van der Waals surface area (Å²) in [6, 6.07) is 0. The second-order valence-corrected chi connectivity index (χ2v) is 2.98. The molecule has 0 unspecified atom stereocenters. The fourth-order valence-electron chi connectivity index (χ4n) is 0.980. The van der Waals surface area contributed by atoms with E-state index < -0.39 is 0 Å². The van der Waals surface area contributed by atoms with Crippen LogP contribution in [-0.2, 0) is 4.79 Å². The molecule has 1 amide bonds. The zero-order valence-corrected chi connectivity index (χ0v) is 7.30. The summed E-state index contributed by atoms with van der Waals surface area (Å²) in [5.41, 5.74) is 0. The van der Waals surface area contributed by atoms with Crippen LogP contribution in [0.5, 0.6) is 0 Å². The summed E-state index contributed by atoms with van der Waals surface area (Å²) in [5.74, 6) is 0.308. The second-order valence-electron chi connectivity index (χ2n) is 2.10. The van der Waals surface area contributed by atoms with E-state index in [-0.39, 0.29) is 0 Å². The molecule has 1 aliphatic heterocycles. The van der Waals surface area contributed by atoms with Gasteiger partial charge in [-0.3, -0.25) is 0 Å². The van der Waals surface area contributed by atoms with Crippen molar-refractivity contribution in [2.45, 2.75) is 12.8 Å². The van der Waals surface area contributed by atoms with Crippen LogP contribution < -0.4 is 0 Å². The molecule has 1 rings (SSSR count). The van der Waals surface area contributed by atoms with Crippen molar-refractivity contribution in [1.82, 2.24) is 4.90 Å². The van der Waals surface area contributed by atoms with Gasteiger partial charge in [-0.2, -0.15) is 0 Å². The molecule has 1 fully saturated rings. The van der Waals surface area contributed by atoms with Gasteiger partial charge in [0.05, 0.1) is 0 Å². The molecule has 0 spiro atoms. The predicted molar refractivity (Wildman–Crippen MR) is 45.9 cm³/mol. The van der Waals surface area contributed by atoms with Gasteiger partial charge in [-0.15, -0.1) is 0 Å². The Morgan fingerprint density at radius 1 is 1.78 bits per heavy atom. The number of rotatable bonds is 2. The molecule has 51 valence electrons. The van der Waals surface area contributed by atoms with Crippen LogP contribution in [0.15, 0.2) is 0 Å². The van der Waals surface area contributed by atoms with Crippen molar-refractivity contribution < 1.29 is 4.79 Å². The number of carbonyl (C=O) groups is 1. The molecule has 1 heterocycles. The van der Waals surface area contributed by atoms with E-state index in [2.05, 4.69) is 22.1 Å². The standard InChI is InChI=1S/C6H9INO/c7-3-5-8-4-1-2-6(8)9/h3H,1-2,4-5H2. The Hall–Kier alpha value is 0.0700. The molecule has 0 aromatic heterocycles. The monoisotopic (exact) mass is 238 g/mol. The molecule has 0 N–H and O–H groups in total. The average molecular weight is 238 g/mol. The van der Waals surface area contributed by atoms with Crippen molar-refractivity contribution in [3.63, 3.8) is 0 Å². The quantitative estimate of drug-likeness (QED) is 0.653. The number of halogens is 1. The van der Waals surface area contributed by atoms with Gasteiger partial charge in [-0.25, -0.2) is 0 Å². The average Bonchev–Trinajstić information content (AvgIpc) is 2.18. The van der Waals surface area contributed by atoms with Crippen LogP contribution in [0.1, 0.15) is 12.8 Å². The number of carbonyl (C=O) groups excluding carboxylic acids is 1. The van der Waals surface area contributed by atoms with Crippen molar-refractivity contribution in [2.75, 3.05) is 13.1 Å². The Kier molecular flexibility index (Phi) is 2.63. The van der Waals surface area contributed by atoms with E-state index >= 15 is 0 Å². The van der Waals surface area contributed by atoms with Crippen molar-refractivity contribution >= 4 is 32.0 Å². The minimum atomic E-state index is 0.308. The first-order valence-corrected chi connectivity index (χ1v) is 4.29. The molecule has 2 nitrogen and oxygen atoms in total. The normalized spacial score (nSPS) is 18.7. The topological polar surface area (TPSA) is 20.3 Å². The van der Waals surface area contributed by atoms with E-state index in [0.29, 0.717) is 5.91 Å². The molecule has 9 heavy (non-hydrogen) atoms. The molecule has 0 aromatic carbocycles. The Morgan fingerprint density at radius 3 is 3.00 bits per heavy atom. The van der Waals surface area contributed by atoms with E-state index in [4.69, 9.17) is 0 Å². The molecule has 1 aliphatic rings. The van der Waals surface area contributed by atoms with E-state index in [1.165, 1.54) is 0 Å². The maximum atomic E-state index is 10.9. The fraction of sp³-hybridized carbons (Fsp3) is 0.667. The third-order valence-corrected chi connectivity index (χ3v) is 1.85. The summed E-state index contributed by atoms with van der Waals surface area (Å²) in [7, 11) is 0. The zero-order chi connectivity index (χ0) is 6.69. The van der Waals surface area contributed by atoms with Crippen LogP contribution in [0.3, 0.4) is 0 Å². The number of likely N-dealkylation sites (tertiary alicyclic amines) is 1. The summed E-state index contributed by atoms with van der Waals surface area (Å²) < 4.78 is 1.99. The van der Waals surface area contributed by atoms with Crippen LogP contribution in [0.25, 0.3) is 0 Å². The maximum absolute atomic E-state index is 10.9. The van der Waals surface area contributed by atoms with E-state index in [1.807, 2.05) is 8.91 Å². The van der Waals surface area contributed by atoms with Gasteiger partial charge in [-0.1, -0.05) is 0 Å². The molecular weight excluding hydrogens is 229 g/mol. The summed E-state index contributed by atoms with van der Waals surface area (Å²) in [6.07, 6.45) is 1.80. The SMILES string of the molecule is O=C1CCCN1CC=[I]. The molecule has 0 bridgehead atoms. The second kappa shape index (κ2) is 3.29. The van der Waals surface area contributed by atoms with E-state index in [1.54, 1.807) is 0 Å². The summed E-state index contributed by atoms with van der Waals surface area (Å²) in [4.78, 5) is 12.7. The van der Waals surface area contributed by atoms with Crippen LogP contribution in [0.2, 0.25) is 0 Å². The van der Waals surface area contributed by atoms with Gasteiger partial charge in [0.25, 0.3) is 0 Å².